The highest BCUT2D eigenvalue weighted by Crippen LogP contribution is 2.21. The Balaban J connectivity index is 2.31. The summed E-state index contributed by atoms with van der Waals surface area (Å²) in [5.74, 6) is -7.32. The van der Waals surface area contributed by atoms with Crippen molar-refractivity contribution in [3.05, 3.63) is 35.9 Å². The minimum absolute atomic E-state index is 0.107. The van der Waals surface area contributed by atoms with Crippen molar-refractivity contribution in [2.24, 2.45) is 23.5 Å². The number of esters is 2. The van der Waals surface area contributed by atoms with Crippen LogP contribution in [0, 0.1) is 17.8 Å². The van der Waals surface area contributed by atoms with E-state index >= 15 is 0 Å². The van der Waals surface area contributed by atoms with E-state index in [1.807, 2.05) is 6.07 Å². The van der Waals surface area contributed by atoms with E-state index in [9.17, 15) is 43.5 Å². The molecular formula is C40H62N6O11. The summed E-state index contributed by atoms with van der Waals surface area (Å²) in [6.07, 6.45) is -1.89. The Labute approximate surface area is 335 Å². The number of nitrogens with two attached hydrogens (primary N) is 1. The number of methoxy groups -OCH3 is 1. The lowest BCUT2D eigenvalue weighted by molar-refractivity contribution is -0.172. The van der Waals surface area contributed by atoms with Crippen LogP contribution in [0.5, 0.6) is 0 Å². The fraction of sp³-hybridized carbons (Fsp3) is 0.650. The maximum Gasteiger partial charge on any atom is 0.336 e. The summed E-state index contributed by atoms with van der Waals surface area (Å²) in [5, 5.41) is 18.3. The fourth-order valence-electron chi connectivity index (χ4n) is 6.35. The van der Waals surface area contributed by atoms with E-state index in [0.717, 1.165) is 10.5 Å². The predicted octanol–water partition coefficient (Wildman–Crippen LogP) is 0.591. The van der Waals surface area contributed by atoms with E-state index in [0.29, 0.717) is 25.8 Å². The summed E-state index contributed by atoms with van der Waals surface area (Å²) in [7, 11) is 2.54. The van der Waals surface area contributed by atoms with Gasteiger partial charge in [-0.2, -0.15) is 0 Å². The molecule has 1 fully saturated rings. The second kappa shape index (κ2) is 22.6. The Morgan fingerprint density at radius 1 is 0.912 bits per heavy atom. The van der Waals surface area contributed by atoms with Crippen molar-refractivity contribution in [2.45, 2.75) is 129 Å². The molecule has 1 aliphatic rings. The predicted molar refractivity (Wildman–Crippen MR) is 208 cm³/mol. The third kappa shape index (κ3) is 13.8. The van der Waals surface area contributed by atoms with Crippen molar-refractivity contribution < 1.29 is 52.9 Å². The second-order valence-corrected chi connectivity index (χ2v) is 15.3. The van der Waals surface area contributed by atoms with Crippen LogP contribution in [0.4, 0.5) is 0 Å². The van der Waals surface area contributed by atoms with E-state index in [1.165, 1.54) is 26.0 Å². The maximum atomic E-state index is 13.9. The smallest absolute Gasteiger partial charge is 0.336 e. The Kier molecular flexibility index (Phi) is 19.1. The molecule has 8 atom stereocenters. The highest BCUT2D eigenvalue weighted by molar-refractivity contribution is 5.97. The quantitative estimate of drug-likeness (QED) is 0.108. The first kappa shape index (κ1) is 48.1. The number of primary amides is 1. The van der Waals surface area contributed by atoms with Crippen molar-refractivity contribution in [1.29, 1.82) is 0 Å². The van der Waals surface area contributed by atoms with Gasteiger partial charge in [-0.25, -0.2) is 9.59 Å². The van der Waals surface area contributed by atoms with Gasteiger partial charge >= 0.3 is 11.9 Å². The van der Waals surface area contributed by atoms with E-state index in [-0.39, 0.29) is 19.3 Å². The second-order valence-electron chi connectivity index (χ2n) is 15.3. The van der Waals surface area contributed by atoms with Gasteiger partial charge in [0.2, 0.25) is 29.5 Å². The number of carbonyl (C=O) groups is 8. The highest BCUT2D eigenvalue weighted by Gasteiger charge is 2.40. The number of benzene rings is 1. The number of amides is 6. The molecule has 0 radical (unpaired) electrons. The monoisotopic (exact) mass is 802 g/mol. The van der Waals surface area contributed by atoms with Crippen molar-refractivity contribution in [3.8, 4) is 0 Å². The molecule has 1 saturated heterocycles. The van der Waals surface area contributed by atoms with Crippen molar-refractivity contribution in [1.82, 2.24) is 25.8 Å². The van der Waals surface area contributed by atoms with Crippen LogP contribution in [0.15, 0.2) is 30.3 Å². The van der Waals surface area contributed by atoms with Gasteiger partial charge in [0, 0.05) is 26.4 Å². The lowest BCUT2D eigenvalue weighted by atomic mass is 9.96. The van der Waals surface area contributed by atoms with Crippen LogP contribution in [-0.2, 0) is 54.3 Å². The number of rotatable bonds is 21. The van der Waals surface area contributed by atoms with Crippen LogP contribution >= 0.6 is 0 Å². The molecule has 1 aromatic carbocycles. The molecule has 2 rings (SSSR count). The molecule has 1 aromatic rings. The van der Waals surface area contributed by atoms with Gasteiger partial charge in [0.05, 0.1) is 7.11 Å². The zero-order chi connectivity index (χ0) is 43.1. The number of aliphatic hydroxyl groups is 1. The Morgan fingerprint density at radius 2 is 1.54 bits per heavy atom. The average Bonchev–Trinajstić information content (AvgIpc) is 3.67. The lowest BCUT2D eigenvalue weighted by Crippen LogP contribution is -2.60. The molecule has 17 heteroatoms. The molecule has 0 unspecified atom stereocenters. The van der Waals surface area contributed by atoms with Gasteiger partial charge in [-0.05, 0) is 49.5 Å². The summed E-state index contributed by atoms with van der Waals surface area (Å²) in [6, 6.07) is 3.36. The molecule has 0 aliphatic carbocycles. The normalized spacial score (nSPS) is 17.6. The molecule has 6 amide bonds. The van der Waals surface area contributed by atoms with E-state index < -0.39 is 108 Å². The van der Waals surface area contributed by atoms with Crippen molar-refractivity contribution >= 4 is 47.4 Å². The van der Waals surface area contributed by atoms with Gasteiger partial charge < -0.3 is 46.1 Å². The number of nitrogens with zero attached hydrogens (tertiary/aromatic N) is 2. The molecule has 0 saturated carbocycles. The molecule has 0 aromatic heterocycles. The molecule has 1 aliphatic heterocycles. The third-order valence-electron chi connectivity index (χ3n) is 10.2. The number of hydrogen-bond acceptors (Lipinski definition) is 11. The van der Waals surface area contributed by atoms with Gasteiger partial charge in [-0.3, -0.25) is 28.8 Å². The molecule has 0 bridgehead atoms. The summed E-state index contributed by atoms with van der Waals surface area (Å²) in [4.78, 5) is 108. The van der Waals surface area contributed by atoms with Gasteiger partial charge in [-0.1, -0.05) is 78.3 Å². The van der Waals surface area contributed by atoms with Crippen LogP contribution in [-0.4, -0.2) is 125 Å². The molecule has 1 heterocycles. The van der Waals surface area contributed by atoms with Crippen molar-refractivity contribution in [3.63, 3.8) is 0 Å². The first-order chi connectivity index (χ1) is 26.7. The number of likely N-dealkylation sites (tertiary alicyclic amines) is 1. The maximum absolute atomic E-state index is 13.9. The van der Waals surface area contributed by atoms with Gasteiger partial charge in [0.25, 0.3) is 5.91 Å². The lowest BCUT2D eigenvalue weighted by Gasteiger charge is -2.33. The molecular weight excluding hydrogens is 740 g/mol. The Bertz CT molecular complexity index is 1570. The van der Waals surface area contributed by atoms with E-state index in [1.54, 1.807) is 65.8 Å². The number of hydrogen-bond donors (Lipinski definition) is 5. The summed E-state index contributed by atoms with van der Waals surface area (Å²) >= 11 is 0. The third-order valence-corrected chi connectivity index (χ3v) is 10.2. The zero-order valence-corrected chi connectivity index (χ0v) is 34.6. The number of ether oxygens (including phenoxy) is 2. The molecule has 6 N–H and O–H groups in total. The number of nitrogens with one attached hydrogen (secondary N) is 3. The zero-order valence-electron chi connectivity index (χ0n) is 34.6. The molecule has 57 heavy (non-hydrogen) atoms. The number of likely N-dealkylation sites (N-methyl/N-ethyl adjacent to an activating group) is 1. The van der Waals surface area contributed by atoms with Crippen LogP contribution in [0.2, 0.25) is 0 Å². The first-order valence-electron chi connectivity index (χ1n) is 19.5. The minimum atomic E-state index is -1.49. The van der Waals surface area contributed by atoms with Crippen LogP contribution in [0.1, 0.15) is 86.1 Å². The molecule has 17 nitrogen and oxygen atoms in total. The average molecular weight is 803 g/mol. The summed E-state index contributed by atoms with van der Waals surface area (Å²) in [6.45, 7) is 11.7. The van der Waals surface area contributed by atoms with E-state index in [2.05, 4.69) is 16.0 Å². The first-order valence-corrected chi connectivity index (χ1v) is 19.5. The van der Waals surface area contributed by atoms with Crippen molar-refractivity contribution in [2.75, 3.05) is 20.7 Å². The Hall–Kier alpha value is -5.06. The van der Waals surface area contributed by atoms with Gasteiger partial charge in [0.15, 0.2) is 12.2 Å². The fourth-order valence-corrected chi connectivity index (χ4v) is 6.35. The van der Waals surface area contributed by atoms with Gasteiger partial charge in [-0.15, -0.1) is 0 Å². The topological polar surface area (TPSA) is 244 Å². The largest absolute Gasteiger partial charge is 0.467 e. The molecule has 318 valence electrons. The van der Waals surface area contributed by atoms with Gasteiger partial charge in [0.1, 0.15) is 30.2 Å². The highest BCUT2D eigenvalue weighted by atomic mass is 16.6. The minimum Gasteiger partial charge on any atom is -0.467 e. The van der Waals surface area contributed by atoms with Crippen LogP contribution in [0.25, 0.3) is 0 Å². The Morgan fingerprint density at radius 3 is 2.09 bits per heavy atom. The number of aliphatic hydroxyl groups excluding tert-OH is 1. The SMILES string of the molecule is CC[C@H](C)[C@@H](NC(=O)[C@H](CCC(N)=O)N(C)C(=O)[C@H](OC(=O)[C@@H](O)C(C)C)C(C)C)C(=O)N[C@@H](C)C(=O)N[C@H](Cc1ccccc1)C(=O)N1CCC[C@H]1C(=O)OC. The van der Waals surface area contributed by atoms with E-state index in [4.69, 9.17) is 15.2 Å². The molecule has 0 spiro atoms. The summed E-state index contributed by atoms with van der Waals surface area (Å²) < 4.78 is 10.3. The van der Waals surface area contributed by atoms with Crippen LogP contribution in [0.3, 0.4) is 0 Å². The van der Waals surface area contributed by atoms with Crippen LogP contribution < -0.4 is 21.7 Å². The standard InChI is InChI=1S/C40H62N6O11/c1-10-24(6)31(44-35(50)28(18-19-30(41)47)45(8)38(53)33(23(4)5)57-40(55)32(48)22(2)3)36(51)42-25(7)34(49)43-27(21-26-15-12-11-13-16-26)37(52)46-20-14-17-29(46)39(54)56-9/h11-13,15-16,22-25,27-29,31-33,48H,10,14,17-21H2,1-9H3,(H2,41,47)(H,42,51)(H,43,49)(H,44,50)/t24-,25-,27+,28-,29-,31+,32-,33+/m0/s1. The summed E-state index contributed by atoms with van der Waals surface area (Å²) in [5.41, 5.74) is 6.15. The number of carbonyl (C=O) groups excluding carboxylic acids is 8.